The molecule has 0 aliphatic rings. The van der Waals surface area contributed by atoms with Gasteiger partial charge >= 0.3 is 0 Å². The SMILES string of the molecule is COC(OC)c1ccccc1N=P(c1ccccc1)(c1ccccc1)c1ccccc1. The van der Waals surface area contributed by atoms with E-state index in [0.717, 1.165) is 11.3 Å². The Labute approximate surface area is 184 Å². The summed E-state index contributed by atoms with van der Waals surface area (Å²) in [4.78, 5) is 0. The van der Waals surface area contributed by atoms with Crippen molar-refractivity contribution >= 4 is 28.7 Å². The molecule has 0 saturated carbocycles. The van der Waals surface area contributed by atoms with Crippen LogP contribution in [0.1, 0.15) is 11.9 Å². The monoisotopic (exact) mass is 427 g/mol. The number of benzene rings is 4. The molecule has 0 N–H and O–H groups in total. The van der Waals surface area contributed by atoms with Gasteiger partial charge in [-0.2, -0.15) is 0 Å². The van der Waals surface area contributed by atoms with Gasteiger partial charge < -0.3 is 9.47 Å². The van der Waals surface area contributed by atoms with Crippen LogP contribution in [0.3, 0.4) is 0 Å². The molecule has 0 aliphatic carbocycles. The maximum atomic E-state index is 5.59. The molecule has 0 fully saturated rings. The zero-order chi connectivity index (χ0) is 21.5. The lowest BCUT2D eigenvalue weighted by Gasteiger charge is -2.28. The lowest BCUT2D eigenvalue weighted by molar-refractivity contribution is -0.105. The normalized spacial score (nSPS) is 11.5. The van der Waals surface area contributed by atoms with Crippen molar-refractivity contribution in [3.05, 3.63) is 121 Å². The highest BCUT2D eigenvalue weighted by Gasteiger charge is 2.28. The Bertz CT molecular complexity index is 1050. The molecule has 31 heavy (non-hydrogen) atoms. The molecule has 0 bridgehead atoms. The highest BCUT2D eigenvalue weighted by atomic mass is 31.2. The lowest BCUT2D eigenvalue weighted by Crippen LogP contribution is -2.25. The van der Waals surface area contributed by atoms with E-state index in [1.54, 1.807) is 14.2 Å². The number of nitrogens with zero attached hydrogens (tertiary/aromatic N) is 1. The molecule has 0 spiro atoms. The minimum absolute atomic E-state index is 0.482. The number of hydrogen-bond donors (Lipinski definition) is 0. The first-order valence-electron chi connectivity index (χ1n) is 10.2. The van der Waals surface area contributed by atoms with E-state index in [1.807, 2.05) is 42.5 Å². The molecule has 0 aliphatic heterocycles. The first-order chi connectivity index (χ1) is 15.3. The van der Waals surface area contributed by atoms with E-state index in [1.165, 1.54) is 15.9 Å². The molecule has 0 aromatic heterocycles. The molecular weight excluding hydrogens is 401 g/mol. The second-order valence-electron chi connectivity index (χ2n) is 7.10. The maximum Gasteiger partial charge on any atom is 0.185 e. The number of methoxy groups -OCH3 is 2. The Kier molecular flexibility index (Phi) is 6.79. The van der Waals surface area contributed by atoms with Gasteiger partial charge in [-0.25, -0.2) is 0 Å². The zero-order valence-electron chi connectivity index (χ0n) is 17.8. The van der Waals surface area contributed by atoms with Gasteiger partial charge in [-0.15, -0.1) is 0 Å². The number of ether oxygens (including phenoxy) is 2. The van der Waals surface area contributed by atoms with E-state index < -0.39 is 13.3 Å². The summed E-state index contributed by atoms with van der Waals surface area (Å²) in [5, 5.41) is 3.61. The van der Waals surface area contributed by atoms with Crippen molar-refractivity contribution in [2.45, 2.75) is 6.29 Å². The molecule has 0 atom stereocenters. The largest absolute Gasteiger partial charge is 0.352 e. The van der Waals surface area contributed by atoms with Crippen LogP contribution >= 0.6 is 7.05 Å². The van der Waals surface area contributed by atoms with Crippen molar-refractivity contribution in [3.8, 4) is 0 Å². The average molecular weight is 427 g/mol. The van der Waals surface area contributed by atoms with Crippen LogP contribution in [0.4, 0.5) is 5.69 Å². The van der Waals surface area contributed by atoms with Crippen LogP contribution in [0.25, 0.3) is 0 Å². The smallest absolute Gasteiger partial charge is 0.185 e. The molecule has 0 amide bonds. The summed E-state index contributed by atoms with van der Waals surface area (Å²) in [7, 11) is 0.955. The Morgan fingerprint density at radius 2 is 0.935 bits per heavy atom. The average Bonchev–Trinajstić information content (AvgIpc) is 2.86. The summed E-state index contributed by atoms with van der Waals surface area (Å²) < 4.78 is 16.7. The zero-order valence-corrected chi connectivity index (χ0v) is 18.7. The van der Waals surface area contributed by atoms with E-state index in [9.17, 15) is 0 Å². The summed E-state index contributed by atoms with van der Waals surface area (Å²) in [5.74, 6) is 0. The van der Waals surface area contributed by atoms with Gasteiger partial charge in [0, 0.05) is 35.7 Å². The summed E-state index contributed by atoms with van der Waals surface area (Å²) >= 11 is 0. The van der Waals surface area contributed by atoms with Crippen LogP contribution in [0.2, 0.25) is 0 Å². The van der Waals surface area contributed by atoms with Crippen LogP contribution in [0.5, 0.6) is 0 Å². The molecule has 3 nitrogen and oxygen atoms in total. The predicted octanol–water partition coefficient (Wildman–Crippen LogP) is 5.79. The fourth-order valence-electron chi connectivity index (χ4n) is 3.84. The Morgan fingerprint density at radius 1 is 0.548 bits per heavy atom. The van der Waals surface area contributed by atoms with Crippen molar-refractivity contribution in [1.29, 1.82) is 0 Å². The second-order valence-corrected chi connectivity index (χ2v) is 10.1. The summed E-state index contributed by atoms with van der Waals surface area (Å²) in [6.45, 7) is 0. The van der Waals surface area contributed by atoms with Gasteiger partial charge in [-0.3, -0.25) is 4.74 Å². The van der Waals surface area contributed by atoms with Gasteiger partial charge in [0.25, 0.3) is 0 Å². The van der Waals surface area contributed by atoms with Crippen molar-refractivity contribution < 1.29 is 9.47 Å². The van der Waals surface area contributed by atoms with E-state index in [-0.39, 0.29) is 0 Å². The van der Waals surface area contributed by atoms with Crippen molar-refractivity contribution in [2.24, 2.45) is 4.74 Å². The van der Waals surface area contributed by atoms with Crippen LogP contribution in [-0.4, -0.2) is 14.2 Å². The fourth-order valence-corrected chi connectivity index (χ4v) is 7.40. The van der Waals surface area contributed by atoms with E-state index in [4.69, 9.17) is 14.2 Å². The highest BCUT2D eigenvalue weighted by Crippen LogP contribution is 2.50. The number of rotatable bonds is 7. The molecule has 4 aromatic rings. The molecule has 0 radical (unpaired) electrons. The van der Waals surface area contributed by atoms with Gasteiger partial charge in [-0.1, -0.05) is 109 Å². The number of hydrogen-bond acceptors (Lipinski definition) is 3. The molecule has 0 heterocycles. The van der Waals surface area contributed by atoms with Gasteiger partial charge in [0.1, 0.15) is 0 Å². The van der Waals surface area contributed by atoms with Gasteiger partial charge in [0.15, 0.2) is 6.29 Å². The first kappa shape index (κ1) is 21.3. The molecular formula is C27H26NO2P. The standard InChI is InChI=1S/C27H26NO2P/c1-29-27(30-2)25-20-12-13-21-26(25)28-31(22-14-6-3-7-15-22,23-16-8-4-9-17-23)24-18-10-5-11-19-24/h3-21,27H,1-2H3. The van der Waals surface area contributed by atoms with Crippen LogP contribution in [0, 0.1) is 0 Å². The van der Waals surface area contributed by atoms with Gasteiger partial charge in [0.2, 0.25) is 0 Å². The maximum absolute atomic E-state index is 5.59. The van der Waals surface area contributed by atoms with Crippen LogP contribution in [0.15, 0.2) is 120 Å². The molecule has 4 aromatic carbocycles. The third-order valence-electron chi connectivity index (χ3n) is 5.27. The lowest BCUT2D eigenvalue weighted by atomic mass is 10.2. The fraction of sp³-hybridized carbons (Fsp3) is 0.111. The van der Waals surface area contributed by atoms with Gasteiger partial charge in [-0.05, 0) is 6.07 Å². The molecule has 4 heteroatoms. The highest BCUT2D eigenvalue weighted by molar-refractivity contribution is 7.87. The van der Waals surface area contributed by atoms with Crippen molar-refractivity contribution in [2.75, 3.05) is 14.2 Å². The van der Waals surface area contributed by atoms with Gasteiger partial charge in [0.05, 0.1) is 12.7 Å². The first-order valence-corrected chi connectivity index (χ1v) is 12.0. The molecule has 4 rings (SSSR count). The topological polar surface area (TPSA) is 30.8 Å². The van der Waals surface area contributed by atoms with Crippen molar-refractivity contribution in [1.82, 2.24) is 0 Å². The van der Waals surface area contributed by atoms with E-state index >= 15 is 0 Å². The van der Waals surface area contributed by atoms with E-state index in [2.05, 4.69) is 72.8 Å². The summed E-state index contributed by atoms with van der Waals surface area (Å²) in [6, 6.07) is 39.9. The Balaban J connectivity index is 2.12. The van der Waals surface area contributed by atoms with Crippen LogP contribution in [-0.2, 0) is 9.47 Å². The quantitative estimate of drug-likeness (QED) is 0.276. The minimum atomic E-state index is -2.35. The second kappa shape index (κ2) is 9.89. The summed E-state index contributed by atoms with van der Waals surface area (Å²) in [5.41, 5.74) is 1.79. The minimum Gasteiger partial charge on any atom is -0.352 e. The van der Waals surface area contributed by atoms with E-state index in [0.29, 0.717) is 0 Å². The molecule has 156 valence electrons. The predicted molar refractivity (Wildman–Crippen MR) is 130 cm³/mol. The third kappa shape index (κ3) is 4.26. The Morgan fingerprint density at radius 3 is 1.35 bits per heavy atom. The summed E-state index contributed by atoms with van der Waals surface area (Å²) in [6.07, 6.45) is -0.482. The van der Waals surface area contributed by atoms with Crippen molar-refractivity contribution in [3.63, 3.8) is 0 Å². The molecule has 0 unspecified atom stereocenters. The Hall–Kier alpha value is -2.97. The van der Waals surface area contributed by atoms with Crippen LogP contribution < -0.4 is 15.9 Å². The molecule has 0 saturated heterocycles. The third-order valence-corrected chi connectivity index (χ3v) is 8.92.